The van der Waals surface area contributed by atoms with E-state index in [0.29, 0.717) is 45.0 Å². The zero-order chi connectivity index (χ0) is 18.6. The van der Waals surface area contributed by atoms with Crippen LogP contribution in [0, 0.1) is 11.3 Å². The minimum Gasteiger partial charge on any atom is -0.347 e. The summed E-state index contributed by atoms with van der Waals surface area (Å²) in [6.07, 6.45) is 1.49. The topological polar surface area (TPSA) is 65.8 Å². The average molecular weight is 357 g/mol. The first kappa shape index (κ1) is 18.8. The number of nitrogens with zero attached hydrogens (tertiary/aromatic N) is 3. The predicted molar refractivity (Wildman–Crippen MR) is 97.2 cm³/mol. The maximum Gasteiger partial charge on any atom is 0.236 e. The van der Waals surface area contributed by atoms with E-state index in [-0.39, 0.29) is 11.9 Å². The molecule has 0 radical (unpaired) electrons. The van der Waals surface area contributed by atoms with Gasteiger partial charge in [-0.1, -0.05) is 12.1 Å². The molecule has 0 atom stereocenters. The summed E-state index contributed by atoms with van der Waals surface area (Å²) < 4.78 is 11.5. The van der Waals surface area contributed by atoms with E-state index >= 15 is 0 Å². The molecule has 1 aromatic carbocycles. The third-order valence-corrected chi connectivity index (χ3v) is 5.23. The number of hydrogen-bond acceptors (Lipinski definition) is 5. The summed E-state index contributed by atoms with van der Waals surface area (Å²) in [6.45, 7) is 7.96. The summed E-state index contributed by atoms with van der Waals surface area (Å²) >= 11 is 0. The van der Waals surface area contributed by atoms with Crippen molar-refractivity contribution in [3.05, 3.63) is 35.4 Å². The van der Waals surface area contributed by atoms with E-state index in [4.69, 9.17) is 14.7 Å². The fourth-order valence-corrected chi connectivity index (χ4v) is 3.50. The molecule has 0 unspecified atom stereocenters. The van der Waals surface area contributed by atoms with Crippen LogP contribution in [-0.4, -0.2) is 60.4 Å². The summed E-state index contributed by atoms with van der Waals surface area (Å²) in [7, 11) is 0. The van der Waals surface area contributed by atoms with Crippen LogP contribution in [0.1, 0.15) is 37.8 Å². The lowest BCUT2D eigenvalue weighted by molar-refractivity contribution is -0.187. The number of hydrogen-bond donors (Lipinski definition) is 0. The second-order valence-electron chi connectivity index (χ2n) is 7.30. The summed E-state index contributed by atoms with van der Waals surface area (Å²) in [5.74, 6) is -0.294. The van der Waals surface area contributed by atoms with Gasteiger partial charge in [0.25, 0.3) is 0 Å². The number of carbonyl (C=O) groups excluding carboxylic acids is 1. The van der Waals surface area contributed by atoms with Crippen LogP contribution in [0.25, 0.3) is 0 Å². The summed E-state index contributed by atoms with van der Waals surface area (Å²) in [5, 5.41) is 8.91. The Hall–Kier alpha value is -1.94. The van der Waals surface area contributed by atoms with Gasteiger partial charge in [-0.05, 0) is 31.5 Å². The number of rotatable bonds is 5. The van der Waals surface area contributed by atoms with Crippen LogP contribution in [0.4, 0.5) is 0 Å². The van der Waals surface area contributed by atoms with Crippen molar-refractivity contribution >= 4 is 5.91 Å². The number of nitriles is 1. The largest absolute Gasteiger partial charge is 0.347 e. The quantitative estimate of drug-likeness (QED) is 0.808. The maximum atomic E-state index is 12.8. The molecule has 1 aromatic rings. The molecule has 2 heterocycles. The van der Waals surface area contributed by atoms with Crippen molar-refractivity contribution in [3.63, 3.8) is 0 Å². The van der Waals surface area contributed by atoms with Crippen molar-refractivity contribution < 1.29 is 14.3 Å². The van der Waals surface area contributed by atoms with Crippen LogP contribution >= 0.6 is 0 Å². The molecule has 0 aromatic heterocycles. The normalized spacial score (nSPS) is 19.3. The Balaban J connectivity index is 1.55. The van der Waals surface area contributed by atoms with E-state index in [1.807, 2.05) is 29.2 Å². The van der Waals surface area contributed by atoms with Crippen molar-refractivity contribution in [2.75, 3.05) is 32.8 Å². The van der Waals surface area contributed by atoms with Gasteiger partial charge in [-0.3, -0.25) is 9.69 Å². The third kappa shape index (κ3) is 4.42. The van der Waals surface area contributed by atoms with Gasteiger partial charge >= 0.3 is 0 Å². The van der Waals surface area contributed by atoms with Gasteiger partial charge in [-0.15, -0.1) is 0 Å². The van der Waals surface area contributed by atoms with E-state index in [1.54, 1.807) is 0 Å². The molecule has 0 bridgehead atoms. The molecule has 26 heavy (non-hydrogen) atoms. The van der Waals surface area contributed by atoms with E-state index in [1.165, 1.54) is 0 Å². The van der Waals surface area contributed by atoms with Gasteiger partial charge < -0.3 is 14.4 Å². The summed E-state index contributed by atoms with van der Waals surface area (Å²) in [5.41, 5.74) is 1.76. The molecular formula is C20H27N3O3. The lowest BCUT2D eigenvalue weighted by atomic mass is 10.0. The minimum absolute atomic E-state index is 0.153. The van der Waals surface area contributed by atoms with Crippen molar-refractivity contribution in [1.29, 1.82) is 5.26 Å². The average Bonchev–Trinajstić information content (AvgIpc) is 3.10. The molecule has 2 aliphatic heterocycles. The van der Waals surface area contributed by atoms with Crippen LogP contribution in [0.2, 0.25) is 0 Å². The summed E-state index contributed by atoms with van der Waals surface area (Å²) in [4.78, 5) is 16.9. The SMILES string of the molecule is CC(C)N(CC(=O)N1CCC2(CC1)OCCO2)Cc1ccc(C#N)cc1. The van der Waals surface area contributed by atoms with Crippen molar-refractivity contribution in [1.82, 2.24) is 9.80 Å². The molecule has 3 rings (SSSR count). The number of benzene rings is 1. The Morgan fingerprint density at radius 1 is 1.23 bits per heavy atom. The zero-order valence-corrected chi connectivity index (χ0v) is 15.6. The number of carbonyl (C=O) groups is 1. The molecule has 2 saturated heterocycles. The van der Waals surface area contributed by atoms with E-state index < -0.39 is 5.79 Å². The zero-order valence-electron chi connectivity index (χ0n) is 15.6. The molecule has 1 amide bonds. The van der Waals surface area contributed by atoms with Gasteiger partial charge in [0.05, 0.1) is 31.4 Å². The first-order chi connectivity index (χ1) is 12.5. The lowest BCUT2D eigenvalue weighted by Gasteiger charge is -2.38. The van der Waals surface area contributed by atoms with Gasteiger partial charge in [-0.25, -0.2) is 0 Å². The van der Waals surface area contributed by atoms with Crippen LogP contribution < -0.4 is 0 Å². The standard InChI is InChI=1S/C20H27N3O3/c1-16(2)23(14-18-5-3-17(13-21)4-6-18)15-19(24)22-9-7-20(8-10-22)25-11-12-26-20/h3-6,16H,7-12,14-15H2,1-2H3. The highest BCUT2D eigenvalue weighted by Crippen LogP contribution is 2.31. The molecule has 6 nitrogen and oxygen atoms in total. The Bertz CT molecular complexity index is 650. The maximum absolute atomic E-state index is 12.8. The third-order valence-electron chi connectivity index (χ3n) is 5.23. The van der Waals surface area contributed by atoms with Crippen LogP contribution in [0.3, 0.4) is 0 Å². The van der Waals surface area contributed by atoms with E-state index in [9.17, 15) is 4.79 Å². The van der Waals surface area contributed by atoms with Gasteiger partial charge in [0.1, 0.15) is 0 Å². The molecule has 6 heteroatoms. The van der Waals surface area contributed by atoms with E-state index in [2.05, 4.69) is 24.8 Å². The molecule has 0 N–H and O–H groups in total. The van der Waals surface area contributed by atoms with Crippen LogP contribution in [0.15, 0.2) is 24.3 Å². The van der Waals surface area contributed by atoms with Gasteiger partial charge in [-0.2, -0.15) is 5.26 Å². The van der Waals surface area contributed by atoms with Crippen LogP contribution in [0.5, 0.6) is 0 Å². The first-order valence-electron chi connectivity index (χ1n) is 9.30. The highest BCUT2D eigenvalue weighted by atomic mass is 16.7. The Kier molecular flexibility index (Phi) is 5.92. The second-order valence-corrected chi connectivity index (χ2v) is 7.30. The molecule has 2 aliphatic rings. The van der Waals surface area contributed by atoms with Crippen LogP contribution in [-0.2, 0) is 20.8 Å². The highest BCUT2D eigenvalue weighted by Gasteiger charge is 2.40. The smallest absolute Gasteiger partial charge is 0.236 e. The van der Waals surface area contributed by atoms with Gasteiger partial charge in [0, 0.05) is 38.5 Å². The molecule has 2 fully saturated rings. The van der Waals surface area contributed by atoms with Crippen molar-refractivity contribution in [2.24, 2.45) is 0 Å². The Labute approximate surface area is 155 Å². The second kappa shape index (κ2) is 8.17. The first-order valence-corrected chi connectivity index (χ1v) is 9.30. The number of likely N-dealkylation sites (tertiary alicyclic amines) is 1. The molecule has 1 spiro atoms. The van der Waals surface area contributed by atoms with E-state index in [0.717, 1.165) is 18.4 Å². The lowest BCUT2D eigenvalue weighted by Crippen LogP contribution is -2.50. The molecule has 0 aliphatic carbocycles. The predicted octanol–water partition coefficient (Wildman–Crippen LogP) is 2.13. The minimum atomic E-state index is -0.447. The number of ether oxygens (including phenoxy) is 2. The number of amides is 1. The Morgan fingerprint density at radius 2 is 1.85 bits per heavy atom. The van der Waals surface area contributed by atoms with Gasteiger partial charge in [0.15, 0.2) is 5.79 Å². The fourth-order valence-electron chi connectivity index (χ4n) is 3.50. The molecular weight excluding hydrogens is 330 g/mol. The molecule has 0 saturated carbocycles. The fraction of sp³-hybridized carbons (Fsp3) is 0.600. The van der Waals surface area contributed by atoms with Crippen molar-refractivity contribution in [3.8, 4) is 6.07 Å². The van der Waals surface area contributed by atoms with Crippen molar-refractivity contribution in [2.45, 2.75) is 45.1 Å². The monoisotopic (exact) mass is 357 g/mol. The van der Waals surface area contributed by atoms with Gasteiger partial charge in [0.2, 0.25) is 5.91 Å². The highest BCUT2D eigenvalue weighted by molar-refractivity contribution is 5.78. The summed E-state index contributed by atoms with van der Waals surface area (Å²) in [6, 6.07) is 9.94. The Morgan fingerprint density at radius 3 is 2.38 bits per heavy atom. The molecule has 140 valence electrons. The number of piperidine rings is 1.